The summed E-state index contributed by atoms with van der Waals surface area (Å²) in [4.78, 5) is 12.3. The summed E-state index contributed by atoms with van der Waals surface area (Å²) in [6, 6.07) is 15.5. The normalized spacial score (nSPS) is 10.2. The van der Waals surface area contributed by atoms with Gasteiger partial charge in [-0.2, -0.15) is 0 Å². The van der Waals surface area contributed by atoms with Gasteiger partial charge in [-0.15, -0.1) is 0 Å². The van der Waals surface area contributed by atoms with Crippen LogP contribution in [0, 0.1) is 0 Å². The SMILES string of the molecule is COc1ccc(C(=O)CCCc2ccccc2)c(OC)c1. The number of carbonyl (C=O) groups excluding carboxylic acids is 1. The number of benzene rings is 2. The molecule has 0 unspecified atom stereocenters. The van der Waals surface area contributed by atoms with Crippen molar-refractivity contribution < 1.29 is 14.3 Å². The zero-order valence-electron chi connectivity index (χ0n) is 12.5. The van der Waals surface area contributed by atoms with E-state index in [1.54, 1.807) is 32.4 Å². The molecule has 0 radical (unpaired) electrons. The van der Waals surface area contributed by atoms with Crippen LogP contribution in [-0.4, -0.2) is 20.0 Å². The third-order valence-electron chi connectivity index (χ3n) is 3.42. The van der Waals surface area contributed by atoms with Crippen molar-refractivity contribution >= 4 is 5.78 Å². The summed E-state index contributed by atoms with van der Waals surface area (Å²) in [6.45, 7) is 0. The Labute approximate surface area is 125 Å². The van der Waals surface area contributed by atoms with Gasteiger partial charge in [-0.05, 0) is 30.5 Å². The average molecular weight is 284 g/mol. The first-order valence-electron chi connectivity index (χ1n) is 7.03. The molecule has 0 aliphatic heterocycles. The van der Waals surface area contributed by atoms with Gasteiger partial charge in [-0.25, -0.2) is 0 Å². The summed E-state index contributed by atoms with van der Waals surface area (Å²) in [5.74, 6) is 1.36. The van der Waals surface area contributed by atoms with Gasteiger partial charge in [-0.3, -0.25) is 4.79 Å². The van der Waals surface area contributed by atoms with E-state index in [-0.39, 0.29) is 5.78 Å². The Balaban J connectivity index is 1.97. The summed E-state index contributed by atoms with van der Waals surface area (Å²) < 4.78 is 10.4. The first-order valence-corrected chi connectivity index (χ1v) is 7.03. The Bertz CT molecular complexity index is 591. The molecule has 3 heteroatoms. The highest BCUT2D eigenvalue weighted by Crippen LogP contribution is 2.26. The van der Waals surface area contributed by atoms with E-state index in [1.807, 2.05) is 18.2 Å². The smallest absolute Gasteiger partial charge is 0.166 e. The molecule has 0 N–H and O–H groups in total. The summed E-state index contributed by atoms with van der Waals surface area (Å²) in [7, 11) is 3.16. The predicted molar refractivity (Wildman–Crippen MR) is 83.3 cm³/mol. The number of hydrogen-bond donors (Lipinski definition) is 0. The van der Waals surface area contributed by atoms with Crippen LogP contribution in [0.5, 0.6) is 11.5 Å². The molecule has 0 amide bonds. The first kappa shape index (κ1) is 15.1. The molecule has 0 aliphatic rings. The van der Waals surface area contributed by atoms with Gasteiger partial charge in [0.05, 0.1) is 19.8 Å². The highest BCUT2D eigenvalue weighted by molar-refractivity contribution is 5.98. The van der Waals surface area contributed by atoms with E-state index in [2.05, 4.69) is 12.1 Å². The predicted octanol–water partition coefficient (Wildman–Crippen LogP) is 3.91. The molecule has 2 rings (SSSR count). The van der Waals surface area contributed by atoms with E-state index < -0.39 is 0 Å². The Morgan fingerprint density at radius 1 is 1.00 bits per heavy atom. The van der Waals surface area contributed by atoms with Crippen molar-refractivity contribution in [2.45, 2.75) is 19.3 Å². The second-order valence-corrected chi connectivity index (χ2v) is 4.83. The summed E-state index contributed by atoms with van der Waals surface area (Å²) in [5.41, 5.74) is 1.87. The summed E-state index contributed by atoms with van der Waals surface area (Å²) in [6.07, 6.45) is 2.25. The van der Waals surface area contributed by atoms with Crippen molar-refractivity contribution in [1.82, 2.24) is 0 Å². The number of aryl methyl sites for hydroxylation is 1. The molecule has 2 aromatic carbocycles. The van der Waals surface area contributed by atoms with Crippen molar-refractivity contribution in [2.75, 3.05) is 14.2 Å². The molecule has 0 bridgehead atoms. The van der Waals surface area contributed by atoms with Crippen LogP contribution in [0.2, 0.25) is 0 Å². The van der Waals surface area contributed by atoms with E-state index in [0.29, 0.717) is 23.5 Å². The van der Waals surface area contributed by atoms with E-state index in [4.69, 9.17) is 9.47 Å². The van der Waals surface area contributed by atoms with Crippen molar-refractivity contribution in [3.63, 3.8) is 0 Å². The summed E-state index contributed by atoms with van der Waals surface area (Å²) >= 11 is 0. The van der Waals surface area contributed by atoms with Gasteiger partial charge >= 0.3 is 0 Å². The molecule has 0 saturated heterocycles. The maximum atomic E-state index is 12.3. The number of Topliss-reactive ketones (excluding diaryl/α,β-unsaturated/α-hetero) is 1. The molecule has 0 fully saturated rings. The Morgan fingerprint density at radius 3 is 2.43 bits per heavy atom. The fourth-order valence-electron chi connectivity index (χ4n) is 2.26. The summed E-state index contributed by atoms with van der Waals surface area (Å²) in [5, 5.41) is 0. The number of ketones is 1. The van der Waals surface area contributed by atoms with Gasteiger partial charge in [0, 0.05) is 12.5 Å². The van der Waals surface area contributed by atoms with Crippen molar-refractivity contribution in [3.8, 4) is 11.5 Å². The molecule has 0 heterocycles. The third-order valence-corrected chi connectivity index (χ3v) is 3.42. The molecule has 21 heavy (non-hydrogen) atoms. The van der Waals surface area contributed by atoms with Crippen LogP contribution in [0.3, 0.4) is 0 Å². The zero-order valence-corrected chi connectivity index (χ0v) is 12.5. The van der Waals surface area contributed by atoms with Crippen molar-refractivity contribution in [3.05, 3.63) is 59.7 Å². The van der Waals surface area contributed by atoms with E-state index in [9.17, 15) is 4.79 Å². The van der Waals surface area contributed by atoms with Crippen LogP contribution in [-0.2, 0) is 6.42 Å². The molecule has 0 saturated carbocycles. The minimum absolute atomic E-state index is 0.102. The fourth-order valence-corrected chi connectivity index (χ4v) is 2.26. The van der Waals surface area contributed by atoms with Crippen LogP contribution >= 0.6 is 0 Å². The number of rotatable bonds is 7. The van der Waals surface area contributed by atoms with Gasteiger partial charge in [0.2, 0.25) is 0 Å². The molecular weight excluding hydrogens is 264 g/mol. The maximum absolute atomic E-state index is 12.3. The van der Waals surface area contributed by atoms with Gasteiger partial charge < -0.3 is 9.47 Å². The Morgan fingerprint density at radius 2 is 1.76 bits per heavy atom. The highest BCUT2D eigenvalue weighted by Gasteiger charge is 2.13. The van der Waals surface area contributed by atoms with Crippen LogP contribution in [0.4, 0.5) is 0 Å². The maximum Gasteiger partial charge on any atom is 0.166 e. The monoisotopic (exact) mass is 284 g/mol. The number of ether oxygens (including phenoxy) is 2. The second-order valence-electron chi connectivity index (χ2n) is 4.83. The molecule has 0 aromatic heterocycles. The topological polar surface area (TPSA) is 35.5 Å². The average Bonchev–Trinajstić information content (AvgIpc) is 2.55. The van der Waals surface area contributed by atoms with Gasteiger partial charge in [-0.1, -0.05) is 30.3 Å². The number of hydrogen-bond acceptors (Lipinski definition) is 3. The lowest BCUT2D eigenvalue weighted by Gasteiger charge is -2.09. The quantitative estimate of drug-likeness (QED) is 0.723. The second kappa shape index (κ2) is 7.48. The first-order chi connectivity index (χ1) is 10.2. The van der Waals surface area contributed by atoms with Gasteiger partial charge in [0.25, 0.3) is 0 Å². The highest BCUT2D eigenvalue weighted by atomic mass is 16.5. The standard InChI is InChI=1S/C18H20O3/c1-20-15-11-12-16(18(13-15)21-2)17(19)10-6-9-14-7-4-3-5-8-14/h3-5,7-8,11-13H,6,9-10H2,1-2H3. The van der Waals surface area contributed by atoms with Crippen LogP contribution in [0.15, 0.2) is 48.5 Å². The van der Waals surface area contributed by atoms with Crippen molar-refractivity contribution in [1.29, 1.82) is 0 Å². The lowest BCUT2D eigenvalue weighted by Crippen LogP contribution is -2.03. The lowest BCUT2D eigenvalue weighted by atomic mass is 10.0. The molecule has 0 aliphatic carbocycles. The lowest BCUT2D eigenvalue weighted by molar-refractivity contribution is 0.0977. The van der Waals surface area contributed by atoms with Crippen LogP contribution in [0.25, 0.3) is 0 Å². The minimum Gasteiger partial charge on any atom is -0.497 e. The van der Waals surface area contributed by atoms with Gasteiger partial charge in [0.1, 0.15) is 11.5 Å². The molecule has 0 spiro atoms. The fraction of sp³-hybridized carbons (Fsp3) is 0.278. The zero-order chi connectivity index (χ0) is 15.1. The van der Waals surface area contributed by atoms with E-state index >= 15 is 0 Å². The largest absolute Gasteiger partial charge is 0.497 e. The van der Waals surface area contributed by atoms with Gasteiger partial charge in [0.15, 0.2) is 5.78 Å². The van der Waals surface area contributed by atoms with Crippen molar-refractivity contribution in [2.24, 2.45) is 0 Å². The molecule has 3 nitrogen and oxygen atoms in total. The Hall–Kier alpha value is -2.29. The molecule has 110 valence electrons. The van der Waals surface area contributed by atoms with Crippen LogP contribution in [0.1, 0.15) is 28.8 Å². The molecular formula is C18H20O3. The third kappa shape index (κ3) is 4.09. The Kier molecular flexibility index (Phi) is 5.38. The molecule has 0 atom stereocenters. The van der Waals surface area contributed by atoms with E-state index in [1.165, 1.54) is 5.56 Å². The minimum atomic E-state index is 0.102. The van der Waals surface area contributed by atoms with Crippen LogP contribution < -0.4 is 9.47 Å². The molecule has 2 aromatic rings. The number of methoxy groups -OCH3 is 2. The number of carbonyl (C=O) groups is 1. The van der Waals surface area contributed by atoms with E-state index in [0.717, 1.165) is 12.8 Å².